The van der Waals surface area contributed by atoms with Gasteiger partial charge in [0.2, 0.25) is 0 Å². The summed E-state index contributed by atoms with van der Waals surface area (Å²) in [4.78, 5) is 4.17. The molecule has 2 rings (SSSR count). The minimum Gasteiger partial charge on any atom is -0.383 e. The maximum absolute atomic E-state index is 12.5. The Bertz CT molecular complexity index is 609. The second-order valence-electron chi connectivity index (χ2n) is 4.57. The van der Waals surface area contributed by atoms with E-state index in [0.717, 1.165) is 6.42 Å². The van der Waals surface area contributed by atoms with Crippen LogP contribution in [0.4, 0.5) is 13.2 Å². The number of rotatable bonds is 4. The predicted octanol–water partition coefficient (Wildman–Crippen LogP) is 3.57. The molecule has 1 aromatic carbocycles. The van der Waals surface area contributed by atoms with Crippen LogP contribution in [0.3, 0.4) is 0 Å². The number of benzene rings is 1. The van der Waals surface area contributed by atoms with Gasteiger partial charge in [0.25, 0.3) is 0 Å². The number of aromatic nitrogens is 2. The molecule has 2 aromatic rings. The average Bonchev–Trinajstić information content (AvgIpc) is 2.67. The highest BCUT2D eigenvalue weighted by Crippen LogP contribution is 2.26. The van der Waals surface area contributed by atoms with Crippen molar-refractivity contribution in [1.82, 2.24) is 9.55 Å². The second kappa shape index (κ2) is 5.61. The number of halogens is 4. The molecule has 1 unspecified atom stereocenters. The van der Waals surface area contributed by atoms with Crippen molar-refractivity contribution >= 4 is 22.6 Å². The fourth-order valence-corrected chi connectivity index (χ4v) is 2.23. The quantitative estimate of drug-likeness (QED) is 0.938. The zero-order valence-electron chi connectivity index (χ0n) is 10.8. The molecule has 0 aliphatic carbocycles. The minimum atomic E-state index is -4.65. The SMILES string of the molecule is CCCn1c(CC(O)C(F)(F)F)nc2ccc(Cl)cc21. The molecule has 0 bridgehead atoms. The van der Waals surface area contributed by atoms with Crippen LogP contribution in [0.2, 0.25) is 5.02 Å². The Kier molecular flexibility index (Phi) is 4.25. The third kappa shape index (κ3) is 3.07. The molecule has 0 amide bonds. The number of aryl methyl sites for hydroxylation is 1. The lowest BCUT2D eigenvalue weighted by Gasteiger charge is -2.15. The van der Waals surface area contributed by atoms with Crippen LogP contribution in [0.1, 0.15) is 19.2 Å². The van der Waals surface area contributed by atoms with E-state index in [0.29, 0.717) is 22.6 Å². The molecular weight excluding hydrogens is 293 g/mol. The average molecular weight is 307 g/mol. The molecule has 0 saturated carbocycles. The van der Waals surface area contributed by atoms with Gasteiger partial charge in [0.15, 0.2) is 6.10 Å². The van der Waals surface area contributed by atoms with Crippen molar-refractivity contribution in [3.05, 3.63) is 29.0 Å². The van der Waals surface area contributed by atoms with Crippen molar-refractivity contribution in [2.45, 2.75) is 38.6 Å². The van der Waals surface area contributed by atoms with Crippen LogP contribution in [-0.4, -0.2) is 26.9 Å². The summed E-state index contributed by atoms with van der Waals surface area (Å²) in [6.07, 6.45) is -6.87. The maximum atomic E-state index is 12.5. The van der Waals surface area contributed by atoms with Crippen LogP contribution in [-0.2, 0) is 13.0 Å². The summed E-state index contributed by atoms with van der Waals surface area (Å²) in [6.45, 7) is 2.44. The topological polar surface area (TPSA) is 38.0 Å². The van der Waals surface area contributed by atoms with E-state index in [4.69, 9.17) is 11.6 Å². The van der Waals surface area contributed by atoms with Crippen LogP contribution in [0.15, 0.2) is 18.2 Å². The number of fused-ring (bicyclic) bond motifs is 1. The summed E-state index contributed by atoms with van der Waals surface area (Å²) in [7, 11) is 0. The van der Waals surface area contributed by atoms with Gasteiger partial charge < -0.3 is 9.67 Å². The fraction of sp³-hybridized carbons (Fsp3) is 0.462. The van der Waals surface area contributed by atoms with E-state index in [1.165, 1.54) is 0 Å². The Morgan fingerprint density at radius 2 is 2.10 bits per heavy atom. The second-order valence-corrected chi connectivity index (χ2v) is 5.01. The van der Waals surface area contributed by atoms with Gasteiger partial charge in [-0.05, 0) is 24.6 Å². The summed E-state index contributed by atoms with van der Waals surface area (Å²) in [5.41, 5.74) is 1.26. The first kappa shape index (κ1) is 15.1. The smallest absolute Gasteiger partial charge is 0.383 e. The molecule has 0 saturated heterocycles. The van der Waals surface area contributed by atoms with Gasteiger partial charge in [-0.3, -0.25) is 0 Å². The van der Waals surface area contributed by atoms with Crippen molar-refractivity contribution in [2.75, 3.05) is 0 Å². The minimum absolute atomic E-state index is 0.217. The van der Waals surface area contributed by atoms with E-state index in [-0.39, 0.29) is 5.82 Å². The number of imidazole rings is 1. The van der Waals surface area contributed by atoms with Gasteiger partial charge in [0, 0.05) is 18.0 Å². The van der Waals surface area contributed by atoms with Gasteiger partial charge in [-0.2, -0.15) is 13.2 Å². The van der Waals surface area contributed by atoms with Crippen molar-refractivity contribution in [1.29, 1.82) is 0 Å². The standard InChI is InChI=1S/C13H14ClF3N2O/c1-2-5-19-10-6-8(14)3-4-9(10)18-12(19)7-11(20)13(15,16)17/h3-4,6,11,20H,2,5,7H2,1H3. The van der Waals surface area contributed by atoms with E-state index in [1.807, 2.05) is 6.92 Å². The Morgan fingerprint density at radius 1 is 1.40 bits per heavy atom. The number of nitrogens with zero attached hydrogens (tertiary/aromatic N) is 2. The fourth-order valence-electron chi connectivity index (χ4n) is 2.06. The normalized spacial score (nSPS) is 13.9. The summed E-state index contributed by atoms with van der Waals surface area (Å²) in [5, 5.41) is 9.70. The Balaban J connectivity index is 2.44. The molecule has 3 nitrogen and oxygen atoms in total. The molecule has 0 radical (unpaired) electrons. The Hall–Kier alpha value is -1.27. The predicted molar refractivity (Wildman–Crippen MR) is 70.8 cm³/mol. The summed E-state index contributed by atoms with van der Waals surface area (Å²) >= 11 is 5.91. The first-order valence-electron chi connectivity index (χ1n) is 6.22. The van der Waals surface area contributed by atoms with Gasteiger partial charge in [-0.15, -0.1) is 0 Å². The van der Waals surface area contributed by atoms with Crippen molar-refractivity contribution in [3.8, 4) is 0 Å². The largest absolute Gasteiger partial charge is 0.414 e. The number of alkyl halides is 3. The highest BCUT2D eigenvalue weighted by Gasteiger charge is 2.39. The molecule has 0 fully saturated rings. The van der Waals surface area contributed by atoms with E-state index in [1.54, 1.807) is 22.8 Å². The van der Waals surface area contributed by atoms with Crippen LogP contribution in [0.25, 0.3) is 11.0 Å². The van der Waals surface area contributed by atoms with E-state index in [2.05, 4.69) is 4.98 Å². The zero-order chi connectivity index (χ0) is 14.9. The monoisotopic (exact) mass is 306 g/mol. The van der Waals surface area contributed by atoms with E-state index >= 15 is 0 Å². The van der Waals surface area contributed by atoms with E-state index < -0.39 is 18.7 Å². The number of hydrogen-bond acceptors (Lipinski definition) is 2. The van der Waals surface area contributed by atoms with Crippen molar-refractivity contribution in [3.63, 3.8) is 0 Å². The van der Waals surface area contributed by atoms with Gasteiger partial charge >= 0.3 is 6.18 Å². The molecule has 0 aliphatic rings. The number of aliphatic hydroxyl groups is 1. The number of aliphatic hydroxyl groups excluding tert-OH is 1. The molecule has 1 aromatic heterocycles. The molecule has 0 aliphatic heterocycles. The first-order valence-corrected chi connectivity index (χ1v) is 6.60. The molecule has 20 heavy (non-hydrogen) atoms. The molecular formula is C13H14ClF3N2O. The molecule has 0 spiro atoms. The summed E-state index contributed by atoms with van der Waals surface area (Å²) < 4.78 is 39.1. The Morgan fingerprint density at radius 3 is 2.70 bits per heavy atom. The summed E-state index contributed by atoms with van der Waals surface area (Å²) in [6, 6.07) is 4.97. The molecule has 1 heterocycles. The number of hydrogen-bond donors (Lipinski definition) is 1. The lowest BCUT2D eigenvalue weighted by Crippen LogP contribution is -2.31. The third-order valence-electron chi connectivity index (χ3n) is 2.99. The highest BCUT2D eigenvalue weighted by molar-refractivity contribution is 6.31. The van der Waals surface area contributed by atoms with Gasteiger partial charge in [-0.25, -0.2) is 4.98 Å². The maximum Gasteiger partial charge on any atom is 0.414 e. The molecule has 1 N–H and O–H groups in total. The van der Waals surface area contributed by atoms with Gasteiger partial charge in [0.05, 0.1) is 11.0 Å². The third-order valence-corrected chi connectivity index (χ3v) is 3.23. The van der Waals surface area contributed by atoms with Crippen molar-refractivity contribution in [2.24, 2.45) is 0 Å². The highest BCUT2D eigenvalue weighted by atomic mass is 35.5. The summed E-state index contributed by atoms with van der Waals surface area (Å²) in [5.74, 6) is 0.217. The van der Waals surface area contributed by atoms with Crippen LogP contribution >= 0.6 is 11.6 Å². The van der Waals surface area contributed by atoms with E-state index in [9.17, 15) is 18.3 Å². The Labute approximate surface area is 119 Å². The van der Waals surface area contributed by atoms with Crippen LogP contribution in [0, 0.1) is 0 Å². The lowest BCUT2D eigenvalue weighted by atomic mass is 10.2. The van der Waals surface area contributed by atoms with Crippen molar-refractivity contribution < 1.29 is 18.3 Å². The van der Waals surface area contributed by atoms with Crippen LogP contribution < -0.4 is 0 Å². The van der Waals surface area contributed by atoms with Gasteiger partial charge in [0.1, 0.15) is 5.82 Å². The lowest BCUT2D eigenvalue weighted by molar-refractivity contribution is -0.203. The molecule has 1 atom stereocenters. The molecule has 110 valence electrons. The van der Waals surface area contributed by atoms with Crippen LogP contribution in [0.5, 0.6) is 0 Å². The van der Waals surface area contributed by atoms with Gasteiger partial charge in [-0.1, -0.05) is 18.5 Å². The first-order chi connectivity index (χ1) is 9.32. The zero-order valence-corrected chi connectivity index (χ0v) is 11.5. The molecule has 7 heteroatoms.